The van der Waals surface area contributed by atoms with Crippen LogP contribution in [0.15, 0.2) is 24.8 Å². The third-order valence-corrected chi connectivity index (χ3v) is 2.23. The third kappa shape index (κ3) is 2.94. The summed E-state index contributed by atoms with van der Waals surface area (Å²) < 4.78 is 1.77. The summed E-state index contributed by atoms with van der Waals surface area (Å²) in [6.07, 6.45) is 5.26. The predicted octanol–water partition coefficient (Wildman–Crippen LogP) is 0.333. The van der Waals surface area contributed by atoms with Gasteiger partial charge in [-0.15, -0.1) is 0 Å². The SMILES string of the molecule is O=C(CCn1ccnc1)Nc1cc(C(=O)O)[nH]n1. The molecule has 8 heteroatoms. The van der Waals surface area contributed by atoms with E-state index in [-0.39, 0.29) is 23.8 Å². The maximum absolute atomic E-state index is 11.5. The first-order valence-electron chi connectivity index (χ1n) is 5.19. The highest BCUT2D eigenvalue weighted by Crippen LogP contribution is 2.05. The Labute approximate surface area is 102 Å². The molecule has 0 fully saturated rings. The Balaban J connectivity index is 1.85. The lowest BCUT2D eigenvalue weighted by Crippen LogP contribution is -2.14. The van der Waals surface area contributed by atoms with E-state index in [1.54, 1.807) is 23.3 Å². The maximum Gasteiger partial charge on any atom is 0.353 e. The van der Waals surface area contributed by atoms with E-state index in [1.165, 1.54) is 6.07 Å². The summed E-state index contributed by atoms with van der Waals surface area (Å²) in [5.41, 5.74) is -0.0695. The van der Waals surface area contributed by atoms with Gasteiger partial charge < -0.3 is 15.0 Å². The van der Waals surface area contributed by atoms with Crippen LogP contribution in [-0.2, 0) is 11.3 Å². The molecule has 3 N–H and O–H groups in total. The molecule has 18 heavy (non-hydrogen) atoms. The minimum atomic E-state index is -1.12. The molecule has 2 heterocycles. The molecule has 0 radical (unpaired) electrons. The van der Waals surface area contributed by atoms with Gasteiger partial charge in [-0.3, -0.25) is 9.89 Å². The number of carboxylic acids is 1. The zero-order chi connectivity index (χ0) is 13.0. The summed E-state index contributed by atoms with van der Waals surface area (Å²) in [4.78, 5) is 26.0. The second-order valence-corrected chi connectivity index (χ2v) is 3.57. The van der Waals surface area contributed by atoms with Crippen LogP contribution in [0.25, 0.3) is 0 Å². The largest absolute Gasteiger partial charge is 0.477 e. The summed E-state index contributed by atoms with van der Waals surface area (Å²) in [5, 5.41) is 17.1. The highest BCUT2D eigenvalue weighted by molar-refractivity contribution is 5.92. The number of aromatic carboxylic acids is 1. The number of nitrogens with zero attached hydrogens (tertiary/aromatic N) is 3. The van der Waals surface area contributed by atoms with Gasteiger partial charge in [0.25, 0.3) is 0 Å². The summed E-state index contributed by atoms with van der Waals surface area (Å²) in [6, 6.07) is 1.26. The lowest BCUT2D eigenvalue weighted by Gasteiger charge is -2.02. The quantitative estimate of drug-likeness (QED) is 0.706. The smallest absolute Gasteiger partial charge is 0.353 e. The minimum absolute atomic E-state index is 0.0695. The van der Waals surface area contributed by atoms with Crippen molar-refractivity contribution in [2.45, 2.75) is 13.0 Å². The van der Waals surface area contributed by atoms with Crippen LogP contribution in [-0.4, -0.2) is 36.7 Å². The van der Waals surface area contributed by atoms with E-state index in [0.29, 0.717) is 6.54 Å². The zero-order valence-electron chi connectivity index (χ0n) is 9.33. The Bertz CT molecular complexity index is 546. The molecule has 0 atom stereocenters. The van der Waals surface area contributed by atoms with Gasteiger partial charge in [-0.25, -0.2) is 9.78 Å². The summed E-state index contributed by atoms with van der Waals surface area (Å²) >= 11 is 0. The zero-order valence-corrected chi connectivity index (χ0v) is 9.33. The highest BCUT2D eigenvalue weighted by atomic mass is 16.4. The van der Waals surface area contributed by atoms with Crippen LogP contribution in [0.1, 0.15) is 16.9 Å². The number of aromatic nitrogens is 4. The number of carbonyl (C=O) groups is 2. The first-order chi connectivity index (χ1) is 8.65. The topological polar surface area (TPSA) is 113 Å². The number of H-pyrrole nitrogens is 1. The average molecular weight is 249 g/mol. The molecule has 1 amide bonds. The molecule has 0 spiro atoms. The molecule has 2 rings (SSSR count). The van der Waals surface area contributed by atoms with Gasteiger partial charge in [-0.05, 0) is 0 Å². The number of imidazole rings is 1. The standard InChI is InChI=1S/C10H11N5O3/c16-9(1-3-15-4-2-11-6-15)12-8-5-7(10(17)18)13-14-8/h2,4-6H,1,3H2,(H,17,18)(H2,12,13,14,16). The van der Waals surface area contributed by atoms with E-state index in [9.17, 15) is 9.59 Å². The molecule has 2 aromatic heterocycles. The van der Waals surface area contributed by atoms with Crippen LogP contribution in [0, 0.1) is 0 Å². The van der Waals surface area contributed by atoms with E-state index >= 15 is 0 Å². The number of hydrogen-bond acceptors (Lipinski definition) is 4. The fourth-order valence-corrected chi connectivity index (χ4v) is 1.35. The molecule has 8 nitrogen and oxygen atoms in total. The van der Waals surface area contributed by atoms with Crippen LogP contribution in [0.5, 0.6) is 0 Å². The number of nitrogens with one attached hydrogen (secondary N) is 2. The molecule has 0 unspecified atom stereocenters. The van der Waals surface area contributed by atoms with Gasteiger partial charge in [-0.2, -0.15) is 5.10 Å². The van der Waals surface area contributed by atoms with Gasteiger partial charge in [-0.1, -0.05) is 0 Å². The Kier molecular flexibility index (Phi) is 3.37. The summed E-state index contributed by atoms with van der Waals surface area (Å²) in [5.74, 6) is -1.17. The lowest BCUT2D eigenvalue weighted by molar-refractivity contribution is -0.116. The summed E-state index contributed by atoms with van der Waals surface area (Å²) in [6.45, 7) is 0.502. The van der Waals surface area contributed by atoms with Crippen LogP contribution in [0.3, 0.4) is 0 Å². The molecule has 2 aromatic rings. The van der Waals surface area contributed by atoms with Gasteiger partial charge in [0.15, 0.2) is 5.82 Å². The summed E-state index contributed by atoms with van der Waals surface area (Å²) in [7, 11) is 0. The number of carbonyl (C=O) groups excluding carboxylic acids is 1. The second kappa shape index (κ2) is 5.13. The number of aromatic amines is 1. The number of aryl methyl sites for hydroxylation is 1. The fraction of sp³-hybridized carbons (Fsp3) is 0.200. The first-order valence-corrected chi connectivity index (χ1v) is 5.19. The van der Waals surface area contributed by atoms with Gasteiger partial charge in [0.2, 0.25) is 5.91 Å². The third-order valence-electron chi connectivity index (χ3n) is 2.23. The first kappa shape index (κ1) is 11.8. The molecule has 0 saturated heterocycles. The van der Waals surface area contributed by atoms with Crippen molar-refractivity contribution in [2.24, 2.45) is 0 Å². The lowest BCUT2D eigenvalue weighted by atomic mass is 10.4. The van der Waals surface area contributed by atoms with Gasteiger partial charge in [0, 0.05) is 31.4 Å². The van der Waals surface area contributed by atoms with Gasteiger partial charge >= 0.3 is 5.97 Å². The van der Waals surface area contributed by atoms with Gasteiger partial charge in [0.05, 0.1) is 6.33 Å². The van der Waals surface area contributed by atoms with Crippen molar-refractivity contribution in [2.75, 3.05) is 5.32 Å². The average Bonchev–Trinajstić information content (AvgIpc) is 2.96. The van der Waals surface area contributed by atoms with E-state index in [4.69, 9.17) is 5.11 Å². The minimum Gasteiger partial charge on any atom is -0.477 e. The molecule has 94 valence electrons. The molecular weight excluding hydrogens is 238 g/mol. The molecular formula is C10H11N5O3. The Morgan fingerprint density at radius 3 is 2.94 bits per heavy atom. The number of rotatable bonds is 5. The van der Waals surface area contributed by atoms with E-state index in [1.807, 2.05) is 0 Å². The van der Waals surface area contributed by atoms with Crippen molar-refractivity contribution < 1.29 is 14.7 Å². The van der Waals surface area contributed by atoms with E-state index in [2.05, 4.69) is 20.5 Å². The normalized spacial score (nSPS) is 10.2. The molecule has 0 saturated carbocycles. The number of anilines is 1. The van der Waals surface area contributed by atoms with E-state index in [0.717, 1.165) is 0 Å². The van der Waals surface area contributed by atoms with E-state index < -0.39 is 5.97 Å². The van der Waals surface area contributed by atoms with Crippen LogP contribution >= 0.6 is 0 Å². The van der Waals surface area contributed by atoms with Crippen molar-refractivity contribution in [3.05, 3.63) is 30.5 Å². The molecule has 0 aliphatic carbocycles. The van der Waals surface area contributed by atoms with Crippen molar-refractivity contribution >= 4 is 17.7 Å². The number of carboxylic acid groups (broad SMARTS) is 1. The Morgan fingerprint density at radius 2 is 2.33 bits per heavy atom. The fourth-order valence-electron chi connectivity index (χ4n) is 1.35. The molecule has 0 aromatic carbocycles. The second-order valence-electron chi connectivity index (χ2n) is 3.57. The molecule has 0 aliphatic rings. The molecule has 0 bridgehead atoms. The predicted molar refractivity (Wildman–Crippen MR) is 61.0 cm³/mol. The van der Waals surface area contributed by atoms with Crippen molar-refractivity contribution in [3.8, 4) is 0 Å². The Morgan fingerprint density at radius 1 is 1.50 bits per heavy atom. The number of amides is 1. The van der Waals surface area contributed by atoms with Crippen LogP contribution in [0.2, 0.25) is 0 Å². The monoisotopic (exact) mass is 249 g/mol. The Hall–Kier alpha value is -2.64. The van der Waals surface area contributed by atoms with Crippen LogP contribution in [0.4, 0.5) is 5.82 Å². The van der Waals surface area contributed by atoms with Crippen molar-refractivity contribution in [3.63, 3.8) is 0 Å². The van der Waals surface area contributed by atoms with Gasteiger partial charge in [0.1, 0.15) is 5.69 Å². The van der Waals surface area contributed by atoms with Crippen molar-refractivity contribution in [1.82, 2.24) is 19.7 Å². The maximum atomic E-state index is 11.5. The van der Waals surface area contributed by atoms with Crippen LogP contribution < -0.4 is 5.32 Å². The molecule has 0 aliphatic heterocycles. The highest BCUT2D eigenvalue weighted by Gasteiger charge is 2.09. The van der Waals surface area contributed by atoms with Crippen molar-refractivity contribution in [1.29, 1.82) is 0 Å². The number of hydrogen-bond donors (Lipinski definition) is 3.